The summed E-state index contributed by atoms with van der Waals surface area (Å²) in [5, 5.41) is 2.75. The van der Waals surface area contributed by atoms with E-state index in [1.165, 1.54) is 6.20 Å². The Hall–Kier alpha value is -2.56. The molecule has 0 spiro atoms. The zero-order valence-corrected chi connectivity index (χ0v) is 9.88. The van der Waals surface area contributed by atoms with Gasteiger partial charge < -0.3 is 15.8 Å². The van der Waals surface area contributed by atoms with Crippen molar-refractivity contribution >= 4 is 17.4 Å². The maximum Gasteiger partial charge on any atom is 0.257 e. The molecule has 2 aromatic rings. The molecule has 0 atom stereocenters. The van der Waals surface area contributed by atoms with Crippen molar-refractivity contribution in [2.75, 3.05) is 18.2 Å². The Bertz CT molecular complexity index is 552. The topological polar surface area (TPSA) is 77.2 Å². The number of nitrogens with one attached hydrogen (secondary N) is 1. The van der Waals surface area contributed by atoms with E-state index in [4.69, 9.17) is 10.5 Å². The monoisotopic (exact) mass is 243 g/mol. The van der Waals surface area contributed by atoms with Crippen LogP contribution >= 0.6 is 0 Å². The first-order valence-electron chi connectivity index (χ1n) is 5.36. The number of carbonyl (C=O) groups excluding carboxylic acids is 1. The average Bonchev–Trinajstić information content (AvgIpc) is 2.40. The lowest BCUT2D eigenvalue weighted by Crippen LogP contribution is -2.13. The number of pyridine rings is 1. The Kier molecular flexibility index (Phi) is 3.43. The summed E-state index contributed by atoms with van der Waals surface area (Å²) in [5.74, 6) is 0.727. The Balaban J connectivity index is 2.18. The molecule has 0 saturated carbocycles. The molecule has 1 heterocycles. The third kappa shape index (κ3) is 2.57. The number of ether oxygens (including phenoxy) is 1. The quantitative estimate of drug-likeness (QED) is 0.863. The average molecular weight is 243 g/mol. The molecule has 3 N–H and O–H groups in total. The van der Waals surface area contributed by atoms with Crippen LogP contribution in [0.5, 0.6) is 5.75 Å². The number of rotatable bonds is 3. The van der Waals surface area contributed by atoms with E-state index in [1.54, 1.807) is 31.4 Å². The number of para-hydroxylation sites is 2. The van der Waals surface area contributed by atoms with Gasteiger partial charge in [-0.05, 0) is 24.3 Å². The van der Waals surface area contributed by atoms with Crippen LogP contribution in [0.3, 0.4) is 0 Å². The molecule has 0 radical (unpaired) electrons. The molecule has 5 heteroatoms. The predicted octanol–water partition coefficient (Wildman–Crippen LogP) is 1.92. The summed E-state index contributed by atoms with van der Waals surface area (Å²) in [4.78, 5) is 15.8. The molecule has 1 amide bonds. The summed E-state index contributed by atoms with van der Waals surface area (Å²) in [7, 11) is 1.55. The summed E-state index contributed by atoms with van der Waals surface area (Å²) >= 11 is 0. The van der Waals surface area contributed by atoms with Crippen molar-refractivity contribution in [2.24, 2.45) is 0 Å². The van der Waals surface area contributed by atoms with Gasteiger partial charge in [0, 0.05) is 6.20 Å². The summed E-state index contributed by atoms with van der Waals surface area (Å²) in [6.45, 7) is 0. The van der Waals surface area contributed by atoms with Gasteiger partial charge in [0.15, 0.2) is 0 Å². The van der Waals surface area contributed by atoms with E-state index < -0.39 is 0 Å². The largest absolute Gasteiger partial charge is 0.495 e. The van der Waals surface area contributed by atoms with Crippen LogP contribution in [-0.2, 0) is 0 Å². The molecule has 0 unspecified atom stereocenters. The Morgan fingerprint density at radius 2 is 2.06 bits per heavy atom. The van der Waals surface area contributed by atoms with E-state index in [2.05, 4.69) is 10.3 Å². The van der Waals surface area contributed by atoms with Crippen LogP contribution < -0.4 is 15.8 Å². The van der Waals surface area contributed by atoms with Crippen LogP contribution in [0.1, 0.15) is 10.4 Å². The van der Waals surface area contributed by atoms with Crippen LogP contribution in [0.2, 0.25) is 0 Å². The van der Waals surface area contributed by atoms with Gasteiger partial charge in [-0.3, -0.25) is 4.79 Å². The number of nitrogens with zero attached hydrogens (tertiary/aromatic N) is 1. The molecule has 0 aliphatic rings. The van der Waals surface area contributed by atoms with Crippen LogP contribution in [-0.4, -0.2) is 18.0 Å². The number of nitrogen functional groups attached to an aromatic ring is 1. The SMILES string of the molecule is COc1ccccc1NC(=O)c1ccc(N)nc1. The third-order valence-corrected chi connectivity index (χ3v) is 2.40. The molecule has 18 heavy (non-hydrogen) atoms. The number of hydrogen-bond acceptors (Lipinski definition) is 4. The number of carbonyl (C=O) groups is 1. The van der Waals surface area contributed by atoms with Crippen LogP contribution in [0.4, 0.5) is 11.5 Å². The van der Waals surface area contributed by atoms with Crippen molar-refractivity contribution in [1.29, 1.82) is 0 Å². The van der Waals surface area contributed by atoms with Gasteiger partial charge in [0.1, 0.15) is 11.6 Å². The normalized spacial score (nSPS) is 9.83. The first-order valence-corrected chi connectivity index (χ1v) is 5.36. The third-order valence-electron chi connectivity index (χ3n) is 2.40. The van der Waals surface area contributed by atoms with Gasteiger partial charge in [0.25, 0.3) is 5.91 Å². The van der Waals surface area contributed by atoms with Gasteiger partial charge in [-0.1, -0.05) is 12.1 Å². The van der Waals surface area contributed by atoms with Gasteiger partial charge in [-0.15, -0.1) is 0 Å². The van der Waals surface area contributed by atoms with Gasteiger partial charge in [0.05, 0.1) is 18.4 Å². The lowest BCUT2D eigenvalue weighted by Gasteiger charge is -2.09. The summed E-state index contributed by atoms with van der Waals surface area (Å²) in [5.41, 5.74) is 6.51. The van der Waals surface area contributed by atoms with E-state index in [9.17, 15) is 4.79 Å². The van der Waals surface area contributed by atoms with E-state index in [0.29, 0.717) is 22.8 Å². The molecule has 0 aliphatic heterocycles. The van der Waals surface area contributed by atoms with E-state index in [-0.39, 0.29) is 5.91 Å². The molecular weight excluding hydrogens is 230 g/mol. The van der Waals surface area contributed by atoms with Crippen molar-refractivity contribution in [3.63, 3.8) is 0 Å². The fourth-order valence-corrected chi connectivity index (χ4v) is 1.48. The smallest absolute Gasteiger partial charge is 0.257 e. The highest BCUT2D eigenvalue weighted by atomic mass is 16.5. The highest BCUT2D eigenvalue weighted by Crippen LogP contribution is 2.23. The highest BCUT2D eigenvalue weighted by molar-refractivity contribution is 6.04. The number of amides is 1. The molecule has 92 valence electrons. The van der Waals surface area contributed by atoms with Crippen molar-refractivity contribution < 1.29 is 9.53 Å². The van der Waals surface area contributed by atoms with Gasteiger partial charge in [-0.25, -0.2) is 4.98 Å². The van der Waals surface area contributed by atoms with Crippen LogP contribution in [0, 0.1) is 0 Å². The molecule has 0 aliphatic carbocycles. The van der Waals surface area contributed by atoms with Crippen LogP contribution in [0.15, 0.2) is 42.6 Å². The fraction of sp³-hybridized carbons (Fsp3) is 0.0769. The van der Waals surface area contributed by atoms with Crippen molar-refractivity contribution in [2.45, 2.75) is 0 Å². The number of anilines is 2. The second kappa shape index (κ2) is 5.18. The first-order chi connectivity index (χ1) is 8.70. The van der Waals surface area contributed by atoms with Gasteiger partial charge in [-0.2, -0.15) is 0 Å². The molecule has 0 fully saturated rings. The minimum Gasteiger partial charge on any atom is -0.495 e. The van der Waals surface area contributed by atoms with Crippen molar-refractivity contribution in [1.82, 2.24) is 4.98 Å². The number of methoxy groups -OCH3 is 1. The van der Waals surface area contributed by atoms with Crippen molar-refractivity contribution in [3.8, 4) is 5.75 Å². The molecule has 5 nitrogen and oxygen atoms in total. The molecule has 2 rings (SSSR count). The Morgan fingerprint density at radius 1 is 1.28 bits per heavy atom. The van der Waals surface area contributed by atoms with E-state index in [1.807, 2.05) is 12.1 Å². The zero-order chi connectivity index (χ0) is 13.0. The summed E-state index contributed by atoms with van der Waals surface area (Å²) in [6.07, 6.45) is 1.43. The minimum absolute atomic E-state index is 0.257. The first kappa shape index (κ1) is 11.9. The Labute approximate surface area is 105 Å². The van der Waals surface area contributed by atoms with Crippen LogP contribution in [0.25, 0.3) is 0 Å². The molecule has 1 aromatic heterocycles. The molecule has 1 aromatic carbocycles. The second-order valence-electron chi connectivity index (χ2n) is 3.63. The van der Waals surface area contributed by atoms with E-state index in [0.717, 1.165) is 0 Å². The molecular formula is C13H13N3O2. The minimum atomic E-state index is -0.257. The fourth-order valence-electron chi connectivity index (χ4n) is 1.48. The second-order valence-corrected chi connectivity index (χ2v) is 3.63. The number of benzene rings is 1. The maximum absolute atomic E-state index is 11.9. The lowest BCUT2D eigenvalue weighted by atomic mass is 10.2. The predicted molar refractivity (Wildman–Crippen MR) is 69.6 cm³/mol. The van der Waals surface area contributed by atoms with Gasteiger partial charge >= 0.3 is 0 Å². The van der Waals surface area contributed by atoms with E-state index >= 15 is 0 Å². The highest BCUT2D eigenvalue weighted by Gasteiger charge is 2.09. The Morgan fingerprint density at radius 3 is 2.72 bits per heavy atom. The van der Waals surface area contributed by atoms with Crippen molar-refractivity contribution in [3.05, 3.63) is 48.2 Å². The maximum atomic E-state index is 11.9. The summed E-state index contributed by atoms with van der Waals surface area (Å²) < 4.78 is 5.15. The standard InChI is InChI=1S/C13H13N3O2/c1-18-11-5-3-2-4-10(11)16-13(17)9-6-7-12(14)15-8-9/h2-8H,1H3,(H2,14,15)(H,16,17). The molecule has 0 bridgehead atoms. The molecule has 0 saturated heterocycles. The van der Waals surface area contributed by atoms with Gasteiger partial charge in [0.2, 0.25) is 0 Å². The summed E-state index contributed by atoms with van der Waals surface area (Å²) in [6, 6.07) is 10.4. The zero-order valence-electron chi connectivity index (χ0n) is 9.88. The number of aromatic nitrogens is 1. The number of hydrogen-bond donors (Lipinski definition) is 2. The lowest BCUT2D eigenvalue weighted by molar-refractivity contribution is 0.102. The number of nitrogens with two attached hydrogens (primary N) is 1.